The highest BCUT2D eigenvalue weighted by Gasteiger charge is 2.41. The minimum absolute atomic E-state index is 0.0918. The van der Waals surface area contributed by atoms with Crippen LogP contribution in [0.25, 0.3) is 6.08 Å². The molecule has 3 unspecified atom stereocenters. The maximum atomic E-state index is 14.2. The molecule has 1 aromatic rings. The van der Waals surface area contributed by atoms with E-state index in [4.69, 9.17) is 4.74 Å². The van der Waals surface area contributed by atoms with Crippen LogP contribution < -0.4 is 4.74 Å². The average molecular weight is 314 g/mol. The highest BCUT2D eigenvalue weighted by atomic mass is 31.1. The quantitative estimate of drug-likeness (QED) is 0.870. The van der Waals surface area contributed by atoms with Crippen LogP contribution in [0.5, 0.6) is 5.75 Å². The van der Waals surface area contributed by atoms with Crippen molar-refractivity contribution in [1.82, 2.24) is 0 Å². The summed E-state index contributed by atoms with van der Waals surface area (Å²) in [5.41, 5.74) is 1.52. The van der Waals surface area contributed by atoms with Gasteiger partial charge in [-0.1, -0.05) is 50.5 Å². The maximum absolute atomic E-state index is 14.2. The first-order valence-electron chi connectivity index (χ1n) is 6.23. The van der Waals surface area contributed by atoms with E-state index in [-0.39, 0.29) is 11.5 Å². The number of aliphatic carboxylic acids is 1. The zero-order valence-corrected chi connectivity index (χ0v) is 13.6. The molecule has 108 valence electrons. The molecule has 3 nitrogen and oxygen atoms in total. The van der Waals surface area contributed by atoms with Crippen molar-refractivity contribution >= 4 is 30.5 Å². The van der Waals surface area contributed by atoms with E-state index in [0.29, 0.717) is 11.3 Å². The van der Waals surface area contributed by atoms with Crippen molar-refractivity contribution in [3.63, 3.8) is 0 Å². The van der Waals surface area contributed by atoms with E-state index in [1.54, 1.807) is 6.07 Å². The first kappa shape index (κ1) is 15.4. The summed E-state index contributed by atoms with van der Waals surface area (Å²) < 4.78 is 19.9. The number of carboxylic acid groups (broad SMARTS) is 1. The number of benzene rings is 1. The third-order valence-corrected chi connectivity index (χ3v) is 3.78. The van der Waals surface area contributed by atoms with E-state index in [9.17, 15) is 14.3 Å². The molecule has 0 fully saturated rings. The summed E-state index contributed by atoms with van der Waals surface area (Å²) in [5.74, 6) is -0.416. The molecule has 0 saturated heterocycles. The van der Waals surface area contributed by atoms with Gasteiger partial charge in [0, 0.05) is 5.56 Å². The number of hydrogen-bond donors (Lipinski definition) is 1. The SMILES string of the molecule is CC(C)c1cccc2c1OC(C(F)(P)P)C(C(=O)O)=C2. The topological polar surface area (TPSA) is 46.5 Å². The Kier molecular flexibility index (Phi) is 4.18. The monoisotopic (exact) mass is 314 g/mol. The average Bonchev–Trinajstić information content (AvgIpc) is 2.35. The van der Waals surface area contributed by atoms with Gasteiger partial charge in [-0.3, -0.25) is 0 Å². The Balaban J connectivity index is 2.60. The molecule has 2 rings (SSSR count). The van der Waals surface area contributed by atoms with Crippen LogP contribution in [0.3, 0.4) is 0 Å². The molecule has 6 heteroatoms. The number of fused-ring (bicyclic) bond motifs is 1. The van der Waals surface area contributed by atoms with Gasteiger partial charge in [-0.05, 0) is 17.6 Å². The molecule has 0 radical (unpaired) electrons. The van der Waals surface area contributed by atoms with Crippen LogP contribution in [0.15, 0.2) is 23.8 Å². The summed E-state index contributed by atoms with van der Waals surface area (Å²) >= 11 is 0. The normalized spacial score (nSPS) is 18.3. The maximum Gasteiger partial charge on any atom is 0.335 e. The minimum atomic E-state index is -1.94. The Labute approximate surface area is 122 Å². The molecule has 0 aromatic heterocycles. The number of ether oxygens (including phenoxy) is 1. The Morgan fingerprint density at radius 3 is 2.60 bits per heavy atom. The summed E-state index contributed by atoms with van der Waals surface area (Å²) in [6, 6.07) is 5.52. The van der Waals surface area contributed by atoms with E-state index < -0.39 is 17.2 Å². The first-order chi connectivity index (χ1) is 9.21. The number of carboxylic acids is 1. The fraction of sp³-hybridized carbons (Fsp3) is 0.357. The molecule has 0 saturated carbocycles. The zero-order valence-electron chi connectivity index (χ0n) is 11.3. The molecule has 3 atom stereocenters. The van der Waals surface area contributed by atoms with Gasteiger partial charge in [0.2, 0.25) is 0 Å². The van der Waals surface area contributed by atoms with E-state index in [1.165, 1.54) is 6.08 Å². The molecule has 1 aliphatic rings. The van der Waals surface area contributed by atoms with Crippen LogP contribution in [0.1, 0.15) is 30.9 Å². The Bertz CT molecular complexity index is 576. The molecule has 0 bridgehead atoms. The number of rotatable bonds is 3. The largest absolute Gasteiger partial charge is 0.480 e. The van der Waals surface area contributed by atoms with Gasteiger partial charge in [0.15, 0.2) is 11.3 Å². The van der Waals surface area contributed by atoms with Crippen LogP contribution >= 0.6 is 18.5 Å². The Morgan fingerprint density at radius 2 is 2.10 bits per heavy atom. The summed E-state index contributed by atoms with van der Waals surface area (Å²) in [7, 11) is 3.95. The second kappa shape index (κ2) is 5.42. The van der Waals surface area contributed by atoms with Crippen molar-refractivity contribution in [1.29, 1.82) is 0 Å². The number of carbonyl (C=O) groups is 1. The summed E-state index contributed by atoms with van der Waals surface area (Å²) in [6.07, 6.45) is 0.308. The predicted octanol–water partition coefficient (Wildman–Crippen LogP) is 3.41. The Morgan fingerprint density at radius 1 is 1.45 bits per heavy atom. The molecule has 20 heavy (non-hydrogen) atoms. The number of hydrogen-bond acceptors (Lipinski definition) is 2. The first-order valence-corrected chi connectivity index (χ1v) is 7.38. The van der Waals surface area contributed by atoms with E-state index in [2.05, 4.69) is 0 Å². The lowest BCUT2D eigenvalue weighted by molar-refractivity contribution is -0.133. The van der Waals surface area contributed by atoms with Gasteiger partial charge in [0.25, 0.3) is 0 Å². The minimum Gasteiger partial charge on any atom is -0.480 e. The molecular weight excluding hydrogens is 297 g/mol. The van der Waals surface area contributed by atoms with Crippen molar-refractivity contribution in [2.45, 2.75) is 31.0 Å². The smallest absolute Gasteiger partial charge is 0.335 e. The molecule has 1 heterocycles. The van der Waals surface area contributed by atoms with Gasteiger partial charge in [-0.2, -0.15) is 0 Å². The second-order valence-corrected chi connectivity index (χ2v) is 7.59. The fourth-order valence-electron chi connectivity index (χ4n) is 2.20. The van der Waals surface area contributed by atoms with E-state index in [0.717, 1.165) is 5.56 Å². The summed E-state index contributed by atoms with van der Waals surface area (Å²) in [4.78, 5) is 11.3. The molecular formula is C14H17FO3P2. The zero-order chi connectivity index (χ0) is 15.1. The molecule has 1 aromatic carbocycles. The van der Waals surface area contributed by atoms with Gasteiger partial charge >= 0.3 is 5.97 Å². The Hall–Kier alpha value is -0.980. The molecule has 0 spiro atoms. The van der Waals surface area contributed by atoms with Crippen LogP contribution in [0.2, 0.25) is 0 Å². The van der Waals surface area contributed by atoms with Crippen molar-refractivity contribution in [3.05, 3.63) is 34.9 Å². The van der Waals surface area contributed by atoms with Crippen LogP contribution in [-0.2, 0) is 4.79 Å². The lowest BCUT2D eigenvalue weighted by Gasteiger charge is -2.33. The highest BCUT2D eigenvalue weighted by molar-refractivity contribution is 7.39. The fourth-order valence-corrected chi connectivity index (χ4v) is 2.70. The van der Waals surface area contributed by atoms with Crippen molar-refractivity contribution in [3.8, 4) is 5.75 Å². The third kappa shape index (κ3) is 2.87. The van der Waals surface area contributed by atoms with Gasteiger partial charge in [0.1, 0.15) is 5.75 Å². The number of para-hydroxylation sites is 1. The lowest BCUT2D eigenvalue weighted by Crippen LogP contribution is -2.38. The molecule has 1 N–H and O–H groups in total. The van der Waals surface area contributed by atoms with Crippen LogP contribution in [0.4, 0.5) is 4.39 Å². The second-order valence-electron chi connectivity index (χ2n) is 5.15. The van der Waals surface area contributed by atoms with Crippen LogP contribution in [0, 0.1) is 0 Å². The van der Waals surface area contributed by atoms with Gasteiger partial charge in [0.05, 0.1) is 5.57 Å². The van der Waals surface area contributed by atoms with Crippen LogP contribution in [-0.4, -0.2) is 22.3 Å². The molecule has 0 amide bonds. The van der Waals surface area contributed by atoms with E-state index >= 15 is 0 Å². The summed E-state index contributed by atoms with van der Waals surface area (Å²) in [5, 5.41) is 7.30. The number of halogens is 1. The lowest BCUT2D eigenvalue weighted by atomic mass is 9.95. The summed E-state index contributed by atoms with van der Waals surface area (Å²) in [6.45, 7) is 4.02. The number of alkyl halides is 1. The van der Waals surface area contributed by atoms with Crippen molar-refractivity contribution in [2.75, 3.05) is 0 Å². The van der Waals surface area contributed by atoms with Gasteiger partial charge < -0.3 is 9.84 Å². The van der Waals surface area contributed by atoms with Crippen molar-refractivity contribution < 1.29 is 19.0 Å². The highest BCUT2D eigenvalue weighted by Crippen LogP contribution is 2.44. The molecule has 0 aliphatic carbocycles. The van der Waals surface area contributed by atoms with Gasteiger partial charge in [-0.15, -0.1) is 0 Å². The van der Waals surface area contributed by atoms with Crippen molar-refractivity contribution in [2.24, 2.45) is 0 Å². The van der Waals surface area contributed by atoms with Gasteiger partial charge in [-0.25, -0.2) is 9.18 Å². The predicted molar refractivity (Wildman–Crippen MR) is 83.8 cm³/mol. The molecule has 1 aliphatic heterocycles. The third-order valence-electron chi connectivity index (χ3n) is 3.18. The van der Waals surface area contributed by atoms with E-state index in [1.807, 2.05) is 44.5 Å². The standard InChI is InChI=1S/C14H17FO3P2/c1-7(2)9-5-3-4-8-6-10(13(16)17)12(14(15,19)20)18-11(8)9/h3-7,12H,19-20H2,1-2H3,(H,16,17).